The van der Waals surface area contributed by atoms with Crippen molar-refractivity contribution in [1.29, 1.82) is 0 Å². The van der Waals surface area contributed by atoms with Crippen LogP contribution in [0.3, 0.4) is 0 Å². The molecule has 0 radical (unpaired) electrons. The highest BCUT2D eigenvalue weighted by molar-refractivity contribution is 6.03. The molecule has 0 bridgehead atoms. The molecule has 4 amide bonds. The van der Waals surface area contributed by atoms with Crippen LogP contribution in [0.25, 0.3) is 0 Å². The average Bonchev–Trinajstić information content (AvgIpc) is 2.99. The zero-order valence-electron chi connectivity index (χ0n) is 25.4. The van der Waals surface area contributed by atoms with Gasteiger partial charge >= 0.3 is 6.03 Å². The topological polar surface area (TPSA) is 111 Å². The summed E-state index contributed by atoms with van der Waals surface area (Å²) in [6.07, 6.45) is 3.29. The monoisotopic (exact) mass is 578 g/mol. The van der Waals surface area contributed by atoms with Crippen molar-refractivity contribution >= 4 is 17.8 Å². The van der Waals surface area contributed by atoms with E-state index in [0.717, 1.165) is 56.4 Å². The molecule has 2 aromatic rings. The first-order chi connectivity index (χ1) is 20.2. The van der Waals surface area contributed by atoms with Crippen molar-refractivity contribution in [2.75, 3.05) is 26.2 Å². The van der Waals surface area contributed by atoms with E-state index in [4.69, 9.17) is 4.74 Å². The van der Waals surface area contributed by atoms with Crippen LogP contribution in [0.15, 0.2) is 48.5 Å². The van der Waals surface area contributed by atoms with Crippen molar-refractivity contribution in [2.45, 2.75) is 84.6 Å². The maximum Gasteiger partial charge on any atom is 0.327 e. The third kappa shape index (κ3) is 6.95. The van der Waals surface area contributed by atoms with Crippen LogP contribution < -0.4 is 15.4 Å². The number of piperidine rings is 1. The van der Waals surface area contributed by atoms with E-state index in [0.29, 0.717) is 30.7 Å². The number of hydrogen-bond acceptors (Lipinski definition) is 6. The fraction of sp³-hybridized carbons (Fsp3) is 0.545. The number of amides is 4. The molecule has 9 heteroatoms. The van der Waals surface area contributed by atoms with E-state index < -0.39 is 17.7 Å². The summed E-state index contributed by atoms with van der Waals surface area (Å²) in [5.74, 6) is 0.0879. The van der Waals surface area contributed by atoms with Crippen LogP contribution in [-0.4, -0.2) is 71.3 Å². The number of aliphatic hydroxyl groups is 1. The van der Waals surface area contributed by atoms with Gasteiger partial charge in [-0.25, -0.2) is 9.69 Å². The van der Waals surface area contributed by atoms with Crippen LogP contribution in [0.5, 0.6) is 5.75 Å². The normalized spacial score (nSPS) is 19.6. The number of benzene rings is 2. The molecule has 4 rings (SSSR count). The second-order valence-corrected chi connectivity index (χ2v) is 11.6. The van der Waals surface area contributed by atoms with Gasteiger partial charge in [-0.3, -0.25) is 9.59 Å². The van der Waals surface area contributed by atoms with Crippen LogP contribution in [0, 0.1) is 12.3 Å². The second-order valence-electron chi connectivity index (χ2n) is 11.6. The number of nitrogens with zero attached hydrogens (tertiary/aromatic N) is 2. The van der Waals surface area contributed by atoms with E-state index in [1.165, 1.54) is 4.90 Å². The van der Waals surface area contributed by atoms with Gasteiger partial charge in [-0.1, -0.05) is 57.0 Å². The number of rotatable bonds is 12. The SMILES string of the molecule is CCC[C@@H](NC(=O)N1C(=O)C(CC)(CC)[C@@H]1Oc1ccc(C(=O)NCCN2CCC(O)CC2)cc1)c1ccc(C)cc1. The number of aryl methyl sites for hydroxylation is 1. The van der Waals surface area contributed by atoms with Crippen molar-refractivity contribution in [2.24, 2.45) is 5.41 Å². The van der Waals surface area contributed by atoms with Gasteiger partial charge in [0.05, 0.1) is 12.1 Å². The molecule has 3 N–H and O–H groups in total. The first kappa shape index (κ1) is 31.5. The molecule has 42 heavy (non-hydrogen) atoms. The Kier molecular flexibility index (Phi) is 10.6. The predicted octanol–water partition coefficient (Wildman–Crippen LogP) is 4.79. The van der Waals surface area contributed by atoms with E-state index >= 15 is 0 Å². The Labute approximate surface area is 249 Å². The Bertz CT molecular complexity index is 1200. The molecule has 2 heterocycles. The molecule has 0 aromatic heterocycles. The maximum atomic E-state index is 13.5. The third-order valence-corrected chi connectivity index (χ3v) is 8.82. The Balaban J connectivity index is 1.40. The minimum Gasteiger partial charge on any atom is -0.469 e. The number of imide groups is 1. The number of ether oxygens (including phenoxy) is 1. The molecule has 9 nitrogen and oxygen atoms in total. The summed E-state index contributed by atoms with van der Waals surface area (Å²) in [7, 11) is 0. The summed E-state index contributed by atoms with van der Waals surface area (Å²) >= 11 is 0. The fourth-order valence-corrected chi connectivity index (χ4v) is 5.91. The molecule has 2 aliphatic heterocycles. The van der Waals surface area contributed by atoms with Crippen LogP contribution in [0.4, 0.5) is 4.79 Å². The molecule has 0 saturated carbocycles. The maximum absolute atomic E-state index is 13.5. The molecule has 228 valence electrons. The summed E-state index contributed by atoms with van der Waals surface area (Å²) in [6.45, 7) is 10.9. The van der Waals surface area contributed by atoms with Crippen molar-refractivity contribution in [1.82, 2.24) is 20.4 Å². The number of β-lactam (4-membered cyclic amide) rings is 1. The number of carbonyl (C=O) groups excluding carboxylic acids is 3. The van der Waals surface area contributed by atoms with Crippen LogP contribution in [0.2, 0.25) is 0 Å². The molecular formula is C33H46N4O5. The van der Waals surface area contributed by atoms with Crippen LogP contribution in [0.1, 0.15) is 86.8 Å². The highest BCUT2D eigenvalue weighted by Crippen LogP contribution is 2.46. The van der Waals surface area contributed by atoms with E-state index in [1.807, 2.05) is 45.0 Å². The van der Waals surface area contributed by atoms with Gasteiger partial charge in [-0.15, -0.1) is 0 Å². The largest absolute Gasteiger partial charge is 0.469 e. The number of urea groups is 1. The van der Waals surface area contributed by atoms with Gasteiger partial charge in [0.25, 0.3) is 5.91 Å². The summed E-state index contributed by atoms with van der Waals surface area (Å²) < 4.78 is 6.30. The molecule has 2 atom stereocenters. The summed E-state index contributed by atoms with van der Waals surface area (Å²) in [5.41, 5.74) is 1.86. The quantitative estimate of drug-likeness (QED) is 0.313. The average molecular weight is 579 g/mol. The van der Waals surface area contributed by atoms with Crippen molar-refractivity contribution < 1.29 is 24.2 Å². The van der Waals surface area contributed by atoms with Crippen molar-refractivity contribution in [3.8, 4) is 5.75 Å². The number of carbonyl (C=O) groups is 3. The number of likely N-dealkylation sites (tertiary alicyclic amines) is 2. The van der Waals surface area contributed by atoms with Crippen molar-refractivity contribution in [3.05, 3.63) is 65.2 Å². The molecule has 2 aromatic carbocycles. The lowest BCUT2D eigenvalue weighted by molar-refractivity contribution is -0.191. The lowest BCUT2D eigenvalue weighted by Gasteiger charge is -2.53. The van der Waals surface area contributed by atoms with E-state index in [9.17, 15) is 19.5 Å². The smallest absolute Gasteiger partial charge is 0.327 e. The summed E-state index contributed by atoms with van der Waals surface area (Å²) in [6, 6.07) is 14.2. The summed E-state index contributed by atoms with van der Waals surface area (Å²) in [5, 5.41) is 15.7. The van der Waals surface area contributed by atoms with E-state index in [1.54, 1.807) is 24.3 Å². The van der Waals surface area contributed by atoms with Gasteiger partial charge in [0, 0.05) is 31.7 Å². The Morgan fingerprint density at radius 3 is 2.26 bits per heavy atom. The molecule has 0 unspecified atom stereocenters. The molecule has 0 spiro atoms. The first-order valence-corrected chi connectivity index (χ1v) is 15.4. The van der Waals surface area contributed by atoms with Crippen LogP contribution >= 0.6 is 0 Å². The fourth-order valence-electron chi connectivity index (χ4n) is 5.91. The minimum absolute atomic E-state index is 0.173. The molecular weight excluding hydrogens is 532 g/mol. The van der Waals surface area contributed by atoms with E-state index in [-0.39, 0.29) is 24.0 Å². The number of hydrogen-bond donors (Lipinski definition) is 3. The van der Waals surface area contributed by atoms with Gasteiger partial charge in [-0.2, -0.15) is 0 Å². The molecule has 2 aliphatic rings. The minimum atomic E-state index is -0.790. The van der Waals surface area contributed by atoms with Gasteiger partial charge < -0.3 is 25.4 Å². The lowest BCUT2D eigenvalue weighted by atomic mass is 9.72. The second kappa shape index (κ2) is 14.2. The van der Waals surface area contributed by atoms with Gasteiger partial charge in [0.2, 0.25) is 5.91 Å². The number of nitrogens with one attached hydrogen (secondary N) is 2. The zero-order chi connectivity index (χ0) is 30.3. The third-order valence-electron chi connectivity index (χ3n) is 8.82. The Hall–Kier alpha value is -3.43. The first-order valence-electron chi connectivity index (χ1n) is 15.4. The van der Waals surface area contributed by atoms with Crippen LogP contribution in [-0.2, 0) is 4.79 Å². The predicted molar refractivity (Wildman–Crippen MR) is 162 cm³/mol. The molecule has 0 aliphatic carbocycles. The van der Waals surface area contributed by atoms with Gasteiger partial charge in [0.15, 0.2) is 6.23 Å². The van der Waals surface area contributed by atoms with Gasteiger partial charge in [0.1, 0.15) is 11.2 Å². The summed E-state index contributed by atoms with van der Waals surface area (Å²) in [4.78, 5) is 43.0. The zero-order valence-corrected chi connectivity index (χ0v) is 25.4. The molecule has 2 fully saturated rings. The number of aliphatic hydroxyl groups excluding tert-OH is 1. The highest BCUT2D eigenvalue weighted by Gasteiger charge is 2.63. The molecule has 2 saturated heterocycles. The van der Waals surface area contributed by atoms with E-state index in [2.05, 4.69) is 22.5 Å². The highest BCUT2D eigenvalue weighted by atomic mass is 16.5. The van der Waals surface area contributed by atoms with Gasteiger partial charge in [-0.05, 0) is 68.9 Å². The standard InChI is InChI=1S/C33H46N4O5/c1-5-8-28(24-11-9-23(4)10-12-24)35-32(41)37-30(40)33(6-2,7-3)31(37)42-27-15-13-25(14-16-27)29(39)34-19-22-36-20-17-26(38)18-21-36/h9-16,26,28,31,38H,5-8,17-22H2,1-4H3,(H,34,39)(H,35,41)/t28-,31+/m1/s1. The lowest BCUT2D eigenvalue weighted by Crippen LogP contribution is -2.73. The van der Waals surface area contributed by atoms with Crippen molar-refractivity contribution in [3.63, 3.8) is 0 Å². The Morgan fingerprint density at radius 2 is 1.67 bits per heavy atom. The Morgan fingerprint density at radius 1 is 1.02 bits per heavy atom.